The smallest absolute Gasteiger partial charge is 0.214 e. The third kappa shape index (κ3) is 3.34. The summed E-state index contributed by atoms with van der Waals surface area (Å²) in [6.07, 6.45) is 2.82. The topological polar surface area (TPSA) is 82.7 Å². The van der Waals surface area contributed by atoms with Crippen LogP contribution in [0.2, 0.25) is 0 Å². The summed E-state index contributed by atoms with van der Waals surface area (Å²) in [6, 6.07) is 5.79. The van der Waals surface area contributed by atoms with Crippen LogP contribution < -0.4 is 4.74 Å². The molecule has 0 spiro atoms. The van der Waals surface area contributed by atoms with Crippen molar-refractivity contribution in [2.24, 2.45) is 4.36 Å². The third-order valence-corrected chi connectivity index (χ3v) is 5.56. The van der Waals surface area contributed by atoms with Crippen LogP contribution in [0, 0.1) is 23.1 Å². The fraction of sp³-hybridized carbons (Fsp3) is 0.235. The second kappa shape index (κ2) is 6.43. The normalized spacial score (nSPS) is 18.1. The second-order valence-electron chi connectivity index (χ2n) is 5.71. The zero-order valence-corrected chi connectivity index (χ0v) is 14.0. The molecule has 1 aliphatic rings. The molecule has 0 heterocycles. The van der Waals surface area contributed by atoms with Crippen molar-refractivity contribution in [3.8, 4) is 17.7 Å². The largest absolute Gasteiger partial charge is 0.457 e. The highest BCUT2D eigenvalue weighted by molar-refractivity contribution is 7.93. The van der Waals surface area contributed by atoms with Crippen molar-refractivity contribution in [2.45, 2.75) is 23.8 Å². The van der Waals surface area contributed by atoms with Crippen LogP contribution in [0.15, 0.2) is 39.6 Å². The Morgan fingerprint density at radius 1 is 1.32 bits per heavy atom. The molecule has 130 valence electrons. The van der Waals surface area contributed by atoms with Gasteiger partial charge < -0.3 is 9.84 Å². The SMILES string of the molecule is CS(=O)(=NC#N)c1ccc(Oc2cc(F)cc(F)c2)c2c1C(O)CC2. The molecule has 25 heavy (non-hydrogen) atoms. The molecule has 0 bridgehead atoms. The molecule has 2 unspecified atom stereocenters. The summed E-state index contributed by atoms with van der Waals surface area (Å²) in [4.78, 5) is 0.270. The molecule has 0 fully saturated rings. The van der Waals surface area contributed by atoms with Crippen molar-refractivity contribution < 1.29 is 22.8 Å². The zero-order chi connectivity index (χ0) is 18.2. The molecule has 1 N–H and O–H groups in total. The number of aliphatic hydroxyl groups is 1. The van der Waals surface area contributed by atoms with E-state index in [2.05, 4.69) is 4.36 Å². The lowest BCUT2D eigenvalue weighted by Crippen LogP contribution is -2.05. The van der Waals surface area contributed by atoms with Gasteiger partial charge in [-0.3, -0.25) is 0 Å². The van der Waals surface area contributed by atoms with Gasteiger partial charge in [0.25, 0.3) is 0 Å². The average molecular weight is 364 g/mol. The number of nitriles is 1. The van der Waals surface area contributed by atoms with Gasteiger partial charge >= 0.3 is 0 Å². The van der Waals surface area contributed by atoms with E-state index in [4.69, 9.17) is 10.00 Å². The standard InChI is InChI=1S/C17H14F2N2O3S/c1-25(23,21-9-20)16-5-4-15(13-2-3-14(22)17(13)16)24-12-7-10(18)6-11(19)8-12/h4-8,14,22H,2-3H2,1H3. The van der Waals surface area contributed by atoms with Gasteiger partial charge in [-0.2, -0.15) is 5.26 Å². The highest BCUT2D eigenvalue weighted by atomic mass is 32.2. The van der Waals surface area contributed by atoms with E-state index in [-0.39, 0.29) is 10.6 Å². The van der Waals surface area contributed by atoms with E-state index in [1.807, 2.05) is 0 Å². The molecule has 0 aromatic heterocycles. The molecular weight excluding hydrogens is 350 g/mol. The van der Waals surface area contributed by atoms with Crippen molar-refractivity contribution >= 4 is 9.73 Å². The molecule has 3 rings (SSSR count). The zero-order valence-electron chi connectivity index (χ0n) is 13.2. The molecule has 2 aromatic rings. The van der Waals surface area contributed by atoms with Crippen LogP contribution in [0.5, 0.6) is 11.5 Å². The van der Waals surface area contributed by atoms with Gasteiger partial charge in [-0.05, 0) is 25.0 Å². The van der Waals surface area contributed by atoms with E-state index < -0.39 is 27.5 Å². The van der Waals surface area contributed by atoms with Gasteiger partial charge in [-0.25, -0.2) is 13.0 Å². The number of hydrogen-bond acceptors (Lipinski definition) is 5. The molecule has 2 atom stereocenters. The number of hydrogen-bond donors (Lipinski definition) is 1. The number of halogens is 2. The van der Waals surface area contributed by atoms with Gasteiger partial charge in [0.1, 0.15) is 23.1 Å². The summed E-state index contributed by atoms with van der Waals surface area (Å²) >= 11 is 0. The molecule has 0 radical (unpaired) electrons. The number of benzene rings is 2. The lowest BCUT2D eigenvalue weighted by Gasteiger charge is -2.16. The predicted molar refractivity (Wildman–Crippen MR) is 86.5 cm³/mol. The maximum atomic E-state index is 13.3. The molecule has 8 heteroatoms. The van der Waals surface area contributed by atoms with Crippen LogP contribution in [-0.2, 0) is 16.1 Å². The molecule has 0 saturated carbocycles. The summed E-state index contributed by atoms with van der Waals surface area (Å²) in [7, 11) is -2.99. The minimum atomic E-state index is -2.99. The molecule has 0 amide bonds. The van der Waals surface area contributed by atoms with E-state index in [1.165, 1.54) is 24.6 Å². The Bertz CT molecular complexity index is 987. The van der Waals surface area contributed by atoms with Crippen LogP contribution in [0.25, 0.3) is 0 Å². The monoisotopic (exact) mass is 364 g/mol. The maximum absolute atomic E-state index is 13.3. The minimum Gasteiger partial charge on any atom is -0.457 e. The molecule has 5 nitrogen and oxygen atoms in total. The average Bonchev–Trinajstić information content (AvgIpc) is 2.89. The van der Waals surface area contributed by atoms with Crippen molar-refractivity contribution in [3.63, 3.8) is 0 Å². The first kappa shape index (κ1) is 17.3. The first-order chi connectivity index (χ1) is 11.8. The Morgan fingerprint density at radius 3 is 2.64 bits per heavy atom. The lowest BCUT2D eigenvalue weighted by molar-refractivity contribution is 0.177. The molecule has 0 aliphatic heterocycles. The highest BCUT2D eigenvalue weighted by Gasteiger charge is 2.30. The van der Waals surface area contributed by atoms with Crippen molar-refractivity contribution in [3.05, 3.63) is 53.1 Å². The number of ether oxygens (including phenoxy) is 1. The summed E-state index contributed by atoms with van der Waals surface area (Å²) < 4.78 is 48.3. The van der Waals surface area contributed by atoms with Crippen LogP contribution in [0.1, 0.15) is 23.7 Å². The molecule has 1 aliphatic carbocycles. The second-order valence-corrected chi connectivity index (χ2v) is 7.94. The first-order valence-corrected chi connectivity index (χ1v) is 9.32. The number of aliphatic hydroxyl groups excluding tert-OH is 1. The van der Waals surface area contributed by atoms with Gasteiger partial charge in [0.05, 0.1) is 20.7 Å². The quantitative estimate of drug-likeness (QED) is 0.843. The Balaban J connectivity index is 2.11. The Kier molecular flexibility index (Phi) is 4.45. The van der Waals surface area contributed by atoms with Crippen LogP contribution >= 0.6 is 0 Å². The van der Waals surface area contributed by atoms with E-state index in [0.29, 0.717) is 29.7 Å². The summed E-state index contributed by atoms with van der Waals surface area (Å²) in [6.45, 7) is 0. The van der Waals surface area contributed by atoms with E-state index in [1.54, 1.807) is 0 Å². The lowest BCUT2D eigenvalue weighted by atomic mass is 10.1. The van der Waals surface area contributed by atoms with Crippen LogP contribution in [-0.4, -0.2) is 15.6 Å². The van der Waals surface area contributed by atoms with Crippen molar-refractivity contribution in [1.82, 2.24) is 0 Å². The summed E-state index contributed by atoms with van der Waals surface area (Å²) in [5.74, 6) is -1.25. The molecular formula is C17H14F2N2O3S. The number of nitrogens with zero attached hydrogens (tertiary/aromatic N) is 2. The van der Waals surface area contributed by atoms with Crippen LogP contribution in [0.4, 0.5) is 8.78 Å². The van der Waals surface area contributed by atoms with Crippen LogP contribution in [0.3, 0.4) is 0 Å². The summed E-state index contributed by atoms with van der Waals surface area (Å²) in [5, 5.41) is 19.0. The van der Waals surface area contributed by atoms with E-state index in [0.717, 1.165) is 18.2 Å². The minimum absolute atomic E-state index is 0.0206. The maximum Gasteiger partial charge on any atom is 0.214 e. The first-order valence-electron chi connectivity index (χ1n) is 7.40. The molecule has 2 aromatic carbocycles. The Labute approximate surface area is 143 Å². The van der Waals surface area contributed by atoms with Crippen molar-refractivity contribution in [1.29, 1.82) is 5.26 Å². The van der Waals surface area contributed by atoms with E-state index >= 15 is 0 Å². The Hall–Kier alpha value is -2.50. The highest BCUT2D eigenvalue weighted by Crippen LogP contribution is 2.42. The van der Waals surface area contributed by atoms with Crippen molar-refractivity contribution in [2.75, 3.05) is 6.26 Å². The third-order valence-electron chi connectivity index (χ3n) is 3.96. The fourth-order valence-electron chi connectivity index (χ4n) is 2.94. The van der Waals surface area contributed by atoms with Gasteiger partial charge in [0.15, 0.2) is 0 Å². The van der Waals surface area contributed by atoms with Gasteiger partial charge in [0.2, 0.25) is 6.19 Å². The molecule has 0 saturated heterocycles. The number of rotatable bonds is 3. The Morgan fingerprint density at radius 2 is 2.00 bits per heavy atom. The fourth-order valence-corrected chi connectivity index (χ4v) is 4.18. The summed E-state index contributed by atoms with van der Waals surface area (Å²) in [5.41, 5.74) is 0.998. The van der Waals surface area contributed by atoms with Gasteiger partial charge in [-0.15, -0.1) is 4.36 Å². The van der Waals surface area contributed by atoms with E-state index in [9.17, 15) is 18.1 Å². The predicted octanol–water partition coefficient (Wildman–Crippen LogP) is 3.67. The number of fused-ring (bicyclic) bond motifs is 1. The van der Waals surface area contributed by atoms with Gasteiger partial charge in [-0.1, -0.05) is 0 Å². The van der Waals surface area contributed by atoms with Gasteiger partial charge in [0, 0.05) is 35.6 Å².